The zero-order valence-corrected chi connectivity index (χ0v) is 10.7. The van der Waals surface area contributed by atoms with E-state index in [1.54, 1.807) is 6.07 Å². The van der Waals surface area contributed by atoms with Crippen LogP contribution in [0.15, 0.2) is 18.2 Å². The number of hydrogen-bond donors (Lipinski definition) is 2. The number of fused-ring (bicyclic) bond motifs is 1. The van der Waals surface area contributed by atoms with Crippen LogP contribution in [0.5, 0.6) is 0 Å². The zero-order valence-electron chi connectivity index (χ0n) is 10.7. The molecule has 4 heteroatoms. The lowest BCUT2D eigenvalue weighted by atomic mass is 10.0. The molecule has 3 nitrogen and oxygen atoms in total. The van der Waals surface area contributed by atoms with E-state index in [0.717, 1.165) is 30.4 Å². The second kappa shape index (κ2) is 4.93. The van der Waals surface area contributed by atoms with Gasteiger partial charge in [0.05, 0.1) is 18.1 Å². The largest absolute Gasteiger partial charge is 0.392 e. The third-order valence-electron chi connectivity index (χ3n) is 4.35. The Bertz CT molecular complexity index is 503. The first-order chi connectivity index (χ1) is 9.16. The second-order valence-electron chi connectivity index (χ2n) is 5.51. The quantitative estimate of drug-likeness (QED) is 0.858. The fourth-order valence-corrected chi connectivity index (χ4v) is 3.28. The van der Waals surface area contributed by atoms with Gasteiger partial charge in [-0.15, -0.1) is 0 Å². The maximum absolute atomic E-state index is 13.6. The molecular weight excluding hydrogens is 245 g/mol. The predicted molar refractivity (Wildman–Crippen MR) is 69.0 cm³/mol. The minimum Gasteiger partial charge on any atom is -0.392 e. The standard InChI is InChI=1S/C15H18FNO2/c16-12-5-1-3-10-9(12)7-8-13(10)17-15(19)11-4-2-6-14(11)18/h1,3,5,11,13-14,18H,2,4,6-8H2,(H,17,19). The Hall–Kier alpha value is -1.42. The number of hydrogen-bond acceptors (Lipinski definition) is 2. The van der Waals surface area contributed by atoms with Crippen molar-refractivity contribution in [2.24, 2.45) is 5.92 Å². The van der Waals surface area contributed by atoms with Gasteiger partial charge in [0.1, 0.15) is 5.82 Å². The molecule has 2 N–H and O–H groups in total. The maximum Gasteiger partial charge on any atom is 0.226 e. The molecule has 2 aliphatic carbocycles. The molecule has 102 valence electrons. The predicted octanol–water partition coefficient (Wildman–Crippen LogP) is 2.09. The third kappa shape index (κ3) is 2.25. The van der Waals surface area contributed by atoms with Crippen LogP contribution in [0.3, 0.4) is 0 Å². The number of nitrogens with one attached hydrogen (secondary N) is 1. The van der Waals surface area contributed by atoms with Crippen molar-refractivity contribution < 1.29 is 14.3 Å². The molecule has 3 atom stereocenters. The SMILES string of the molecule is O=C(NC1CCc2c(F)cccc21)C1CCCC1O. The molecule has 0 radical (unpaired) electrons. The van der Waals surface area contributed by atoms with Crippen molar-refractivity contribution in [2.75, 3.05) is 0 Å². The van der Waals surface area contributed by atoms with Crippen molar-refractivity contribution in [1.29, 1.82) is 0 Å². The summed E-state index contributed by atoms with van der Waals surface area (Å²) in [7, 11) is 0. The van der Waals surface area contributed by atoms with E-state index in [9.17, 15) is 14.3 Å². The van der Waals surface area contributed by atoms with Gasteiger partial charge in [-0.1, -0.05) is 12.1 Å². The Labute approximate surface area is 111 Å². The van der Waals surface area contributed by atoms with Gasteiger partial charge in [0.2, 0.25) is 5.91 Å². The molecular formula is C15H18FNO2. The van der Waals surface area contributed by atoms with Gasteiger partial charge < -0.3 is 10.4 Å². The Balaban J connectivity index is 1.73. The summed E-state index contributed by atoms with van der Waals surface area (Å²) in [5.74, 6) is -0.570. The lowest BCUT2D eigenvalue weighted by Gasteiger charge is -2.19. The molecule has 1 aromatic rings. The van der Waals surface area contributed by atoms with E-state index in [-0.39, 0.29) is 23.7 Å². The molecule has 1 fully saturated rings. The normalized spacial score (nSPS) is 29.3. The number of carbonyl (C=O) groups excluding carboxylic acids is 1. The van der Waals surface area contributed by atoms with Crippen molar-refractivity contribution >= 4 is 5.91 Å². The molecule has 2 aliphatic rings. The number of amides is 1. The van der Waals surface area contributed by atoms with Crippen LogP contribution >= 0.6 is 0 Å². The zero-order chi connectivity index (χ0) is 13.4. The minimum atomic E-state index is -0.520. The summed E-state index contributed by atoms with van der Waals surface area (Å²) < 4.78 is 13.6. The van der Waals surface area contributed by atoms with Gasteiger partial charge in [-0.3, -0.25) is 4.79 Å². The summed E-state index contributed by atoms with van der Waals surface area (Å²) >= 11 is 0. The van der Waals surface area contributed by atoms with Crippen LogP contribution in [-0.4, -0.2) is 17.1 Å². The van der Waals surface area contributed by atoms with Crippen molar-refractivity contribution in [3.05, 3.63) is 35.1 Å². The van der Waals surface area contributed by atoms with Gasteiger partial charge in [0, 0.05) is 0 Å². The first-order valence-corrected chi connectivity index (χ1v) is 6.92. The second-order valence-corrected chi connectivity index (χ2v) is 5.51. The lowest BCUT2D eigenvalue weighted by molar-refractivity contribution is -0.128. The Kier molecular flexibility index (Phi) is 3.27. The molecule has 0 aliphatic heterocycles. The van der Waals surface area contributed by atoms with Crippen LogP contribution in [0.1, 0.15) is 42.9 Å². The molecule has 0 saturated heterocycles. The van der Waals surface area contributed by atoms with Crippen LogP contribution in [0.2, 0.25) is 0 Å². The highest BCUT2D eigenvalue weighted by Gasteiger charge is 2.34. The van der Waals surface area contributed by atoms with Crippen LogP contribution in [0, 0.1) is 11.7 Å². The third-order valence-corrected chi connectivity index (χ3v) is 4.35. The van der Waals surface area contributed by atoms with Crippen LogP contribution < -0.4 is 5.32 Å². The molecule has 0 spiro atoms. The number of benzene rings is 1. The molecule has 3 rings (SSSR count). The van der Waals surface area contributed by atoms with Gasteiger partial charge in [0.25, 0.3) is 0 Å². The summed E-state index contributed by atoms with van der Waals surface area (Å²) in [5, 5.41) is 12.7. The smallest absolute Gasteiger partial charge is 0.226 e. The topological polar surface area (TPSA) is 49.3 Å². The number of aliphatic hydroxyl groups is 1. The fourth-order valence-electron chi connectivity index (χ4n) is 3.28. The number of rotatable bonds is 2. The van der Waals surface area contributed by atoms with E-state index in [0.29, 0.717) is 12.8 Å². The average molecular weight is 263 g/mol. The molecule has 1 saturated carbocycles. The molecule has 0 heterocycles. The highest BCUT2D eigenvalue weighted by Crippen LogP contribution is 2.34. The molecule has 1 aromatic carbocycles. The molecule has 0 bridgehead atoms. The summed E-state index contributed by atoms with van der Waals surface area (Å²) in [6.45, 7) is 0. The minimum absolute atomic E-state index is 0.0906. The number of aliphatic hydroxyl groups excluding tert-OH is 1. The van der Waals surface area contributed by atoms with Crippen LogP contribution in [0.25, 0.3) is 0 Å². The molecule has 0 aromatic heterocycles. The molecule has 1 amide bonds. The summed E-state index contributed by atoms with van der Waals surface area (Å²) in [6, 6.07) is 4.92. The van der Waals surface area contributed by atoms with E-state index in [1.807, 2.05) is 6.07 Å². The van der Waals surface area contributed by atoms with Gasteiger partial charge in [0.15, 0.2) is 0 Å². The fraction of sp³-hybridized carbons (Fsp3) is 0.533. The van der Waals surface area contributed by atoms with E-state index in [4.69, 9.17) is 0 Å². The van der Waals surface area contributed by atoms with Crippen LogP contribution in [0.4, 0.5) is 4.39 Å². The van der Waals surface area contributed by atoms with E-state index in [2.05, 4.69) is 5.32 Å². The van der Waals surface area contributed by atoms with Gasteiger partial charge >= 0.3 is 0 Å². The Morgan fingerprint density at radius 2 is 2.16 bits per heavy atom. The van der Waals surface area contributed by atoms with E-state index >= 15 is 0 Å². The number of halogens is 1. The maximum atomic E-state index is 13.6. The highest BCUT2D eigenvalue weighted by molar-refractivity contribution is 5.80. The summed E-state index contributed by atoms with van der Waals surface area (Å²) in [4.78, 5) is 12.1. The first kappa shape index (κ1) is 12.6. The van der Waals surface area contributed by atoms with Crippen LogP contribution in [-0.2, 0) is 11.2 Å². The van der Waals surface area contributed by atoms with Crippen molar-refractivity contribution in [3.8, 4) is 0 Å². The number of carbonyl (C=O) groups is 1. The van der Waals surface area contributed by atoms with Crippen molar-refractivity contribution in [2.45, 2.75) is 44.2 Å². The lowest BCUT2D eigenvalue weighted by Crippen LogP contribution is -2.36. The van der Waals surface area contributed by atoms with E-state index < -0.39 is 6.10 Å². The van der Waals surface area contributed by atoms with Gasteiger partial charge in [-0.05, 0) is 49.3 Å². The summed E-state index contributed by atoms with van der Waals surface area (Å²) in [5.41, 5.74) is 1.61. The molecule has 19 heavy (non-hydrogen) atoms. The van der Waals surface area contributed by atoms with Gasteiger partial charge in [-0.2, -0.15) is 0 Å². The van der Waals surface area contributed by atoms with Gasteiger partial charge in [-0.25, -0.2) is 4.39 Å². The monoisotopic (exact) mass is 263 g/mol. The molecule has 3 unspecified atom stereocenters. The Morgan fingerprint density at radius 3 is 2.89 bits per heavy atom. The van der Waals surface area contributed by atoms with Crippen molar-refractivity contribution in [1.82, 2.24) is 5.32 Å². The average Bonchev–Trinajstić information content (AvgIpc) is 2.97. The summed E-state index contributed by atoms with van der Waals surface area (Å²) in [6.07, 6.45) is 3.23. The highest BCUT2D eigenvalue weighted by atomic mass is 19.1. The Morgan fingerprint density at radius 1 is 1.32 bits per heavy atom. The first-order valence-electron chi connectivity index (χ1n) is 6.92. The van der Waals surface area contributed by atoms with Crippen molar-refractivity contribution in [3.63, 3.8) is 0 Å². The van der Waals surface area contributed by atoms with E-state index in [1.165, 1.54) is 6.07 Å².